The summed E-state index contributed by atoms with van der Waals surface area (Å²) in [4.78, 5) is 0. The van der Waals surface area contributed by atoms with E-state index in [0.717, 1.165) is 6.54 Å². The highest BCUT2D eigenvalue weighted by Gasteiger charge is 2.29. The van der Waals surface area contributed by atoms with Gasteiger partial charge in [0.15, 0.2) is 0 Å². The summed E-state index contributed by atoms with van der Waals surface area (Å²) in [5.74, 6) is 1.82. The number of halogens is 2. The van der Waals surface area contributed by atoms with Crippen molar-refractivity contribution in [2.24, 2.45) is 17.6 Å². The van der Waals surface area contributed by atoms with Crippen LogP contribution in [0, 0.1) is 11.8 Å². The van der Waals surface area contributed by atoms with Crippen LogP contribution < -0.4 is 5.73 Å². The van der Waals surface area contributed by atoms with Crippen LogP contribution in [0.25, 0.3) is 0 Å². The third kappa shape index (κ3) is 3.65. The Morgan fingerprint density at radius 3 is 2.58 bits per heavy atom. The first-order valence-corrected chi connectivity index (χ1v) is 8.04. The smallest absolute Gasteiger partial charge is 0.0595 e. The summed E-state index contributed by atoms with van der Waals surface area (Å²) in [6, 6.07) is 6.12. The predicted octanol–water partition coefficient (Wildman–Crippen LogP) is 5.25. The summed E-state index contributed by atoms with van der Waals surface area (Å²) < 4.78 is 0. The van der Waals surface area contributed by atoms with Crippen molar-refractivity contribution in [3.05, 3.63) is 33.8 Å². The average molecular weight is 300 g/mol. The number of hydrogen-bond donors (Lipinski definition) is 1. The van der Waals surface area contributed by atoms with Crippen LogP contribution in [0.2, 0.25) is 10.0 Å². The van der Waals surface area contributed by atoms with E-state index in [9.17, 15) is 0 Å². The standard InChI is InChI=1S/C16H23Cl2N/c1-11(10-19)13-5-3-2-4-6-14(13)12-7-8-15(17)16(18)9-12/h7-9,11,13-14H,2-6,10,19H2,1H3. The van der Waals surface area contributed by atoms with Crippen LogP contribution in [0.15, 0.2) is 18.2 Å². The van der Waals surface area contributed by atoms with Crippen LogP contribution in [-0.4, -0.2) is 6.54 Å². The molecule has 1 nitrogen and oxygen atoms in total. The topological polar surface area (TPSA) is 26.0 Å². The van der Waals surface area contributed by atoms with E-state index in [2.05, 4.69) is 19.1 Å². The summed E-state index contributed by atoms with van der Waals surface area (Å²) >= 11 is 12.2. The Balaban J connectivity index is 2.28. The molecule has 1 saturated carbocycles. The molecule has 3 unspecified atom stereocenters. The highest BCUT2D eigenvalue weighted by molar-refractivity contribution is 6.42. The molecule has 2 rings (SSSR count). The van der Waals surface area contributed by atoms with Crippen LogP contribution in [0.4, 0.5) is 0 Å². The normalized spacial score (nSPS) is 25.9. The molecule has 0 bridgehead atoms. The molecule has 1 aromatic rings. The summed E-state index contributed by atoms with van der Waals surface area (Å²) in [6.45, 7) is 3.04. The predicted molar refractivity (Wildman–Crippen MR) is 84.0 cm³/mol. The van der Waals surface area contributed by atoms with E-state index >= 15 is 0 Å². The fourth-order valence-corrected chi connectivity index (χ4v) is 3.66. The molecule has 0 heterocycles. The number of benzene rings is 1. The Morgan fingerprint density at radius 1 is 1.16 bits per heavy atom. The molecular weight excluding hydrogens is 277 g/mol. The van der Waals surface area contributed by atoms with Gasteiger partial charge in [-0.15, -0.1) is 0 Å². The molecule has 106 valence electrons. The van der Waals surface area contributed by atoms with E-state index < -0.39 is 0 Å². The maximum Gasteiger partial charge on any atom is 0.0595 e. The van der Waals surface area contributed by atoms with Crippen molar-refractivity contribution in [2.75, 3.05) is 6.54 Å². The minimum atomic E-state index is 0.567. The van der Waals surface area contributed by atoms with Crippen molar-refractivity contribution in [1.29, 1.82) is 0 Å². The second-order valence-corrected chi connectivity index (χ2v) is 6.61. The van der Waals surface area contributed by atoms with E-state index in [1.165, 1.54) is 37.7 Å². The molecule has 0 spiro atoms. The lowest BCUT2D eigenvalue weighted by Crippen LogP contribution is -2.25. The van der Waals surface area contributed by atoms with Gasteiger partial charge in [0.1, 0.15) is 0 Å². The molecule has 0 aromatic heterocycles. The highest BCUT2D eigenvalue weighted by atomic mass is 35.5. The Hall–Kier alpha value is -0.240. The zero-order chi connectivity index (χ0) is 13.8. The molecule has 3 heteroatoms. The third-order valence-corrected chi connectivity index (χ3v) is 5.28. The molecular formula is C16H23Cl2N. The third-order valence-electron chi connectivity index (χ3n) is 4.54. The first kappa shape index (κ1) is 15.2. The fourth-order valence-electron chi connectivity index (χ4n) is 3.35. The molecule has 1 aromatic carbocycles. The maximum absolute atomic E-state index is 6.18. The van der Waals surface area contributed by atoms with Crippen molar-refractivity contribution >= 4 is 23.2 Å². The zero-order valence-corrected chi connectivity index (χ0v) is 13.1. The SMILES string of the molecule is CC(CN)C1CCCCCC1c1ccc(Cl)c(Cl)c1. The molecule has 1 aliphatic rings. The Morgan fingerprint density at radius 2 is 1.89 bits per heavy atom. The van der Waals surface area contributed by atoms with Crippen molar-refractivity contribution in [1.82, 2.24) is 0 Å². The van der Waals surface area contributed by atoms with Gasteiger partial charge in [-0.3, -0.25) is 0 Å². The van der Waals surface area contributed by atoms with Gasteiger partial charge in [0.2, 0.25) is 0 Å². The summed E-state index contributed by atoms with van der Waals surface area (Å²) in [5, 5.41) is 1.31. The summed E-state index contributed by atoms with van der Waals surface area (Å²) in [6.07, 6.45) is 6.49. The van der Waals surface area contributed by atoms with Crippen LogP contribution in [-0.2, 0) is 0 Å². The van der Waals surface area contributed by atoms with Gasteiger partial charge >= 0.3 is 0 Å². The van der Waals surface area contributed by atoms with Crippen LogP contribution in [0.1, 0.15) is 50.5 Å². The highest BCUT2D eigenvalue weighted by Crippen LogP contribution is 2.41. The Labute approximate surface area is 126 Å². The minimum Gasteiger partial charge on any atom is -0.330 e. The molecule has 3 atom stereocenters. The van der Waals surface area contributed by atoms with Gasteiger partial charge in [0, 0.05) is 0 Å². The molecule has 1 aliphatic carbocycles. The first-order valence-electron chi connectivity index (χ1n) is 7.28. The van der Waals surface area contributed by atoms with Gasteiger partial charge in [-0.25, -0.2) is 0 Å². The van der Waals surface area contributed by atoms with Crippen LogP contribution in [0.3, 0.4) is 0 Å². The van der Waals surface area contributed by atoms with Crippen molar-refractivity contribution in [3.63, 3.8) is 0 Å². The van der Waals surface area contributed by atoms with Gasteiger partial charge in [-0.1, -0.05) is 55.5 Å². The van der Waals surface area contributed by atoms with Gasteiger partial charge in [-0.05, 0) is 54.8 Å². The van der Waals surface area contributed by atoms with Crippen LogP contribution in [0.5, 0.6) is 0 Å². The molecule has 0 aliphatic heterocycles. The van der Waals surface area contributed by atoms with Crippen molar-refractivity contribution < 1.29 is 0 Å². The Bertz CT molecular complexity index is 419. The fraction of sp³-hybridized carbons (Fsp3) is 0.625. The molecule has 0 radical (unpaired) electrons. The van der Waals surface area contributed by atoms with Gasteiger partial charge < -0.3 is 5.73 Å². The van der Waals surface area contributed by atoms with E-state index in [1.807, 2.05) is 6.07 Å². The second-order valence-electron chi connectivity index (χ2n) is 5.79. The lowest BCUT2D eigenvalue weighted by Gasteiger charge is -2.30. The molecule has 0 amide bonds. The van der Waals surface area contributed by atoms with E-state index in [0.29, 0.717) is 27.8 Å². The maximum atomic E-state index is 6.18. The molecule has 19 heavy (non-hydrogen) atoms. The molecule has 0 saturated heterocycles. The average Bonchev–Trinajstić information content (AvgIpc) is 2.66. The monoisotopic (exact) mass is 299 g/mol. The van der Waals surface area contributed by atoms with Gasteiger partial charge in [0.05, 0.1) is 10.0 Å². The first-order chi connectivity index (χ1) is 9.13. The second kappa shape index (κ2) is 6.97. The largest absolute Gasteiger partial charge is 0.330 e. The van der Waals surface area contributed by atoms with E-state index in [-0.39, 0.29) is 0 Å². The van der Waals surface area contributed by atoms with Crippen molar-refractivity contribution in [3.8, 4) is 0 Å². The van der Waals surface area contributed by atoms with E-state index in [4.69, 9.17) is 28.9 Å². The number of nitrogens with two attached hydrogens (primary N) is 1. The van der Waals surface area contributed by atoms with Gasteiger partial charge in [0.25, 0.3) is 0 Å². The summed E-state index contributed by atoms with van der Waals surface area (Å²) in [5.41, 5.74) is 7.24. The number of hydrogen-bond acceptors (Lipinski definition) is 1. The minimum absolute atomic E-state index is 0.567. The lowest BCUT2D eigenvalue weighted by atomic mass is 9.76. The van der Waals surface area contributed by atoms with Crippen LogP contribution >= 0.6 is 23.2 Å². The quantitative estimate of drug-likeness (QED) is 0.758. The number of rotatable bonds is 3. The summed E-state index contributed by atoms with van der Waals surface area (Å²) in [7, 11) is 0. The van der Waals surface area contributed by atoms with E-state index in [1.54, 1.807) is 0 Å². The zero-order valence-electron chi connectivity index (χ0n) is 11.5. The van der Waals surface area contributed by atoms with Crippen molar-refractivity contribution in [2.45, 2.75) is 44.9 Å². The lowest BCUT2D eigenvalue weighted by molar-refractivity contribution is 0.288. The van der Waals surface area contributed by atoms with Gasteiger partial charge in [-0.2, -0.15) is 0 Å². The molecule has 2 N–H and O–H groups in total. The molecule has 1 fully saturated rings. The Kier molecular flexibility index (Phi) is 5.56.